The summed E-state index contributed by atoms with van der Waals surface area (Å²) in [6.45, 7) is 5.93. The molecule has 2 amide bonds. The van der Waals surface area contributed by atoms with Crippen LogP contribution in [0.15, 0.2) is 42.5 Å². The maximum atomic E-state index is 12.7. The highest BCUT2D eigenvalue weighted by Crippen LogP contribution is 2.23. The lowest BCUT2D eigenvalue weighted by atomic mass is 9.94. The smallest absolute Gasteiger partial charge is 0.234 e. The molecule has 0 radical (unpaired) electrons. The number of nitrogens with zero attached hydrogens (tertiary/aromatic N) is 2. The first kappa shape index (κ1) is 20.9. The van der Waals surface area contributed by atoms with Crippen molar-refractivity contribution in [3.05, 3.63) is 48.0 Å². The van der Waals surface area contributed by atoms with Crippen molar-refractivity contribution in [2.75, 3.05) is 32.7 Å². The zero-order valence-corrected chi connectivity index (χ0v) is 18.0. The third-order valence-corrected chi connectivity index (χ3v) is 6.62. The largest absolute Gasteiger partial charge is 0.348 e. The number of carbonyl (C=O) groups excluding carboxylic acids is 2. The average molecular weight is 408 g/mol. The zero-order valence-electron chi connectivity index (χ0n) is 18.0. The normalized spacial score (nSPS) is 19.6. The van der Waals surface area contributed by atoms with E-state index in [2.05, 4.69) is 45.4 Å². The predicted octanol–water partition coefficient (Wildman–Crippen LogP) is 3.74. The Bertz CT molecular complexity index is 883. The Balaban J connectivity index is 1.24. The molecule has 2 aromatic rings. The molecule has 4 rings (SSSR count). The van der Waals surface area contributed by atoms with Gasteiger partial charge in [-0.1, -0.05) is 36.4 Å². The lowest BCUT2D eigenvalue weighted by molar-refractivity contribution is -0.138. The first-order chi connectivity index (χ1) is 14.6. The molecular formula is C25H33N3O2. The third-order valence-electron chi connectivity index (χ3n) is 6.62. The lowest BCUT2D eigenvalue weighted by Crippen LogP contribution is -2.46. The fourth-order valence-corrected chi connectivity index (χ4v) is 4.76. The quantitative estimate of drug-likeness (QED) is 0.821. The summed E-state index contributed by atoms with van der Waals surface area (Å²) in [6, 6.07) is 14.6. The number of carbonyl (C=O) groups is 2. The van der Waals surface area contributed by atoms with E-state index in [9.17, 15) is 9.59 Å². The van der Waals surface area contributed by atoms with Crippen LogP contribution in [0.5, 0.6) is 0 Å². The minimum absolute atomic E-state index is 0.0275. The molecule has 0 bridgehead atoms. The molecule has 2 aromatic carbocycles. The number of nitrogens with one attached hydrogen (secondary N) is 1. The van der Waals surface area contributed by atoms with Crippen LogP contribution < -0.4 is 5.32 Å². The van der Waals surface area contributed by atoms with Crippen LogP contribution in [-0.2, 0) is 9.59 Å². The van der Waals surface area contributed by atoms with Gasteiger partial charge in [-0.25, -0.2) is 0 Å². The molecule has 1 unspecified atom stereocenters. The second kappa shape index (κ2) is 9.61. The fraction of sp³-hybridized carbons (Fsp3) is 0.520. The van der Waals surface area contributed by atoms with Gasteiger partial charge in [-0.15, -0.1) is 0 Å². The number of likely N-dealkylation sites (tertiary alicyclic amines) is 2. The number of hydrogen-bond acceptors (Lipinski definition) is 3. The fourth-order valence-electron chi connectivity index (χ4n) is 4.76. The monoisotopic (exact) mass is 407 g/mol. The Morgan fingerprint density at radius 2 is 1.67 bits per heavy atom. The van der Waals surface area contributed by atoms with Crippen LogP contribution in [0.2, 0.25) is 0 Å². The highest BCUT2D eigenvalue weighted by Gasteiger charge is 2.29. The summed E-state index contributed by atoms with van der Waals surface area (Å²) in [5, 5.41) is 5.54. The highest BCUT2D eigenvalue weighted by molar-refractivity contribution is 5.83. The number of fused-ring (bicyclic) bond motifs is 1. The van der Waals surface area contributed by atoms with Crippen molar-refractivity contribution in [1.82, 2.24) is 15.1 Å². The van der Waals surface area contributed by atoms with Crippen molar-refractivity contribution < 1.29 is 9.59 Å². The van der Waals surface area contributed by atoms with Crippen LogP contribution in [0, 0.1) is 5.92 Å². The molecule has 2 aliphatic rings. The summed E-state index contributed by atoms with van der Waals surface area (Å²) >= 11 is 0. The van der Waals surface area contributed by atoms with Gasteiger partial charge in [0.15, 0.2) is 0 Å². The van der Waals surface area contributed by atoms with Crippen LogP contribution in [0.3, 0.4) is 0 Å². The molecule has 1 N–H and O–H groups in total. The van der Waals surface area contributed by atoms with E-state index in [0.29, 0.717) is 12.5 Å². The Morgan fingerprint density at radius 3 is 2.40 bits per heavy atom. The topological polar surface area (TPSA) is 52.7 Å². The maximum Gasteiger partial charge on any atom is 0.234 e. The van der Waals surface area contributed by atoms with Crippen LogP contribution in [0.1, 0.15) is 50.6 Å². The van der Waals surface area contributed by atoms with E-state index < -0.39 is 0 Å². The van der Waals surface area contributed by atoms with Crippen molar-refractivity contribution in [3.8, 4) is 0 Å². The van der Waals surface area contributed by atoms with Gasteiger partial charge >= 0.3 is 0 Å². The minimum Gasteiger partial charge on any atom is -0.348 e. The number of rotatable bonds is 5. The summed E-state index contributed by atoms with van der Waals surface area (Å²) in [6.07, 6.45) is 5.25. The van der Waals surface area contributed by atoms with Gasteiger partial charge in [-0.05, 0) is 74.5 Å². The molecule has 0 saturated carbocycles. The summed E-state index contributed by atoms with van der Waals surface area (Å²) in [5.41, 5.74) is 1.12. The van der Waals surface area contributed by atoms with Crippen LogP contribution >= 0.6 is 0 Å². The van der Waals surface area contributed by atoms with Crippen molar-refractivity contribution in [1.29, 1.82) is 0 Å². The SMILES string of the molecule is CC(NC(=O)CN1CCC(C(=O)N2CCCCC2)CC1)c1ccc2ccccc2c1. The van der Waals surface area contributed by atoms with Gasteiger partial charge in [0.2, 0.25) is 11.8 Å². The summed E-state index contributed by atoms with van der Waals surface area (Å²) in [7, 11) is 0. The average Bonchev–Trinajstić information content (AvgIpc) is 2.79. The standard InChI is InChI=1S/C25H33N3O2/c1-19(22-10-9-20-7-3-4-8-23(20)17-22)26-24(29)18-27-15-11-21(12-16-27)25(30)28-13-5-2-6-14-28/h3-4,7-10,17,19,21H,2,5-6,11-16,18H2,1H3,(H,26,29). The molecule has 2 aliphatic heterocycles. The number of benzene rings is 2. The van der Waals surface area contributed by atoms with Gasteiger partial charge in [-0.3, -0.25) is 14.5 Å². The van der Waals surface area contributed by atoms with E-state index in [1.54, 1.807) is 0 Å². The third kappa shape index (κ3) is 5.01. The van der Waals surface area contributed by atoms with E-state index in [4.69, 9.17) is 0 Å². The molecule has 5 nitrogen and oxygen atoms in total. The molecule has 1 atom stereocenters. The van der Waals surface area contributed by atoms with E-state index >= 15 is 0 Å². The van der Waals surface area contributed by atoms with Gasteiger partial charge < -0.3 is 10.2 Å². The van der Waals surface area contributed by atoms with Crippen LogP contribution in [0.25, 0.3) is 10.8 Å². The van der Waals surface area contributed by atoms with E-state index in [1.807, 2.05) is 19.1 Å². The Hall–Kier alpha value is -2.40. The summed E-state index contributed by atoms with van der Waals surface area (Å²) in [4.78, 5) is 29.5. The second-order valence-electron chi connectivity index (χ2n) is 8.83. The predicted molar refractivity (Wildman–Crippen MR) is 120 cm³/mol. The van der Waals surface area contributed by atoms with Crippen molar-refractivity contribution in [2.45, 2.75) is 45.1 Å². The lowest BCUT2D eigenvalue weighted by Gasteiger charge is -2.35. The van der Waals surface area contributed by atoms with Crippen molar-refractivity contribution in [3.63, 3.8) is 0 Å². The van der Waals surface area contributed by atoms with Crippen LogP contribution in [0.4, 0.5) is 0 Å². The molecule has 2 heterocycles. The Morgan fingerprint density at radius 1 is 0.967 bits per heavy atom. The van der Waals surface area contributed by atoms with Crippen molar-refractivity contribution in [2.24, 2.45) is 5.92 Å². The summed E-state index contributed by atoms with van der Waals surface area (Å²) in [5.74, 6) is 0.527. The second-order valence-corrected chi connectivity index (χ2v) is 8.83. The summed E-state index contributed by atoms with van der Waals surface area (Å²) < 4.78 is 0. The van der Waals surface area contributed by atoms with Crippen LogP contribution in [-0.4, -0.2) is 54.3 Å². The minimum atomic E-state index is -0.0275. The first-order valence-corrected chi connectivity index (χ1v) is 11.4. The molecule has 0 spiro atoms. The molecule has 0 aliphatic carbocycles. The molecular weight excluding hydrogens is 374 g/mol. The molecule has 160 valence electrons. The first-order valence-electron chi connectivity index (χ1n) is 11.4. The van der Waals surface area contributed by atoms with Gasteiger partial charge in [0, 0.05) is 19.0 Å². The Labute approximate surface area is 179 Å². The van der Waals surface area contributed by atoms with E-state index in [0.717, 1.165) is 57.4 Å². The molecule has 2 saturated heterocycles. The van der Waals surface area contributed by atoms with E-state index in [1.165, 1.54) is 17.2 Å². The van der Waals surface area contributed by atoms with Gasteiger partial charge in [-0.2, -0.15) is 0 Å². The molecule has 0 aromatic heterocycles. The molecule has 2 fully saturated rings. The van der Waals surface area contributed by atoms with Crippen molar-refractivity contribution >= 4 is 22.6 Å². The van der Waals surface area contributed by atoms with Gasteiger partial charge in [0.05, 0.1) is 12.6 Å². The number of piperidine rings is 2. The maximum absolute atomic E-state index is 12.7. The highest BCUT2D eigenvalue weighted by atomic mass is 16.2. The van der Waals surface area contributed by atoms with E-state index in [-0.39, 0.29) is 17.9 Å². The molecule has 5 heteroatoms. The molecule has 30 heavy (non-hydrogen) atoms. The number of hydrogen-bond donors (Lipinski definition) is 1. The Kier molecular flexibility index (Phi) is 6.68. The van der Waals surface area contributed by atoms with Gasteiger partial charge in [0.1, 0.15) is 0 Å². The zero-order chi connectivity index (χ0) is 20.9. The van der Waals surface area contributed by atoms with Gasteiger partial charge in [0.25, 0.3) is 0 Å². The number of amides is 2.